The van der Waals surface area contributed by atoms with Crippen LogP contribution < -0.4 is 9.64 Å². The molecule has 0 aliphatic carbocycles. The van der Waals surface area contributed by atoms with E-state index in [9.17, 15) is 4.79 Å². The average molecular weight is 341 g/mol. The second-order valence-corrected chi connectivity index (χ2v) is 6.90. The lowest BCUT2D eigenvalue weighted by Gasteiger charge is -2.42. The highest BCUT2D eigenvalue weighted by atomic mass is 16.5. The Labute approximate surface area is 147 Å². The first-order valence-electron chi connectivity index (χ1n) is 8.73. The van der Waals surface area contributed by atoms with E-state index in [1.807, 2.05) is 26.0 Å². The van der Waals surface area contributed by atoms with Gasteiger partial charge in [-0.05, 0) is 51.0 Å². The number of aryl methyl sites for hydroxylation is 2. The van der Waals surface area contributed by atoms with E-state index in [0.29, 0.717) is 17.0 Å². The first-order chi connectivity index (χ1) is 12.1. The molecule has 2 bridgehead atoms. The van der Waals surface area contributed by atoms with Crippen molar-refractivity contribution < 1.29 is 14.1 Å². The highest BCUT2D eigenvalue weighted by Crippen LogP contribution is 2.35. The molecule has 2 atom stereocenters. The second kappa shape index (κ2) is 6.10. The van der Waals surface area contributed by atoms with Crippen molar-refractivity contribution in [1.29, 1.82) is 0 Å². The molecule has 4 rings (SSSR count). The number of methoxy groups -OCH3 is 1. The van der Waals surface area contributed by atoms with Crippen LogP contribution in [-0.4, -0.2) is 48.2 Å². The van der Waals surface area contributed by atoms with Crippen LogP contribution in [0, 0.1) is 13.8 Å². The number of ether oxygens (including phenoxy) is 1. The molecule has 0 N–H and O–H groups in total. The first-order valence-corrected chi connectivity index (χ1v) is 8.73. The summed E-state index contributed by atoms with van der Waals surface area (Å²) in [7, 11) is 1.67. The number of nitrogens with zero attached hydrogens (tertiary/aromatic N) is 3. The van der Waals surface area contributed by atoms with Crippen molar-refractivity contribution in [1.82, 2.24) is 10.1 Å². The SMILES string of the molecule is COc1ccc(N2CC3CCC(C2)N3C(=O)c2c(C)noc2C)cc1. The van der Waals surface area contributed by atoms with Gasteiger partial charge in [0, 0.05) is 30.9 Å². The van der Waals surface area contributed by atoms with Gasteiger partial charge >= 0.3 is 0 Å². The fourth-order valence-corrected chi connectivity index (χ4v) is 4.16. The van der Waals surface area contributed by atoms with E-state index in [1.165, 1.54) is 5.69 Å². The number of anilines is 1. The summed E-state index contributed by atoms with van der Waals surface area (Å²) in [6.07, 6.45) is 2.10. The maximum absolute atomic E-state index is 13.1. The van der Waals surface area contributed by atoms with Gasteiger partial charge in [-0.25, -0.2) is 0 Å². The first kappa shape index (κ1) is 16.0. The molecule has 0 spiro atoms. The zero-order valence-electron chi connectivity index (χ0n) is 14.9. The quantitative estimate of drug-likeness (QED) is 0.859. The molecule has 0 saturated carbocycles. The molecule has 2 saturated heterocycles. The molecule has 0 radical (unpaired) electrons. The largest absolute Gasteiger partial charge is 0.497 e. The third-order valence-corrected chi connectivity index (χ3v) is 5.40. The fourth-order valence-electron chi connectivity index (χ4n) is 4.16. The highest BCUT2D eigenvalue weighted by molar-refractivity contribution is 5.97. The smallest absolute Gasteiger partial charge is 0.259 e. The van der Waals surface area contributed by atoms with Crippen LogP contribution in [0.25, 0.3) is 0 Å². The number of amides is 1. The summed E-state index contributed by atoms with van der Waals surface area (Å²) < 4.78 is 10.4. The molecular weight excluding hydrogens is 318 g/mol. The molecule has 1 amide bonds. The number of hydrogen-bond donors (Lipinski definition) is 0. The molecule has 2 aromatic rings. The van der Waals surface area contributed by atoms with E-state index < -0.39 is 0 Å². The van der Waals surface area contributed by atoms with Gasteiger partial charge in [0.1, 0.15) is 17.1 Å². The van der Waals surface area contributed by atoms with Crippen molar-refractivity contribution in [3.63, 3.8) is 0 Å². The topological polar surface area (TPSA) is 58.8 Å². The Hall–Kier alpha value is -2.50. The van der Waals surface area contributed by atoms with Gasteiger partial charge in [0.15, 0.2) is 0 Å². The van der Waals surface area contributed by atoms with Gasteiger partial charge < -0.3 is 19.1 Å². The molecular formula is C19H23N3O3. The maximum atomic E-state index is 13.1. The van der Waals surface area contributed by atoms with Crippen molar-refractivity contribution in [3.8, 4) is 5.75 Å². The van der Waals surface area contributed by atoms with E-state index in [0.717, 1.165) is 31.7 Å². The minimum atomic E-state index is 0.0677. The lowest BCUT2D eigenvalue weighted by molar-refractivity contribution is 0.0639. The van der Waals surface area contributed by atoms with E-state index in [1.54, 1.807) is 7.11 Å². The van der Waals surface area contributed by atoms with E-state index >= 15 is 0 Å². The number of aromatic nitrogens is 1. The monoisotopic (exact) mass is 341 g/mol. The summed E-state index contributed by atoms with van der Waals surface area (Å²) in [6, 6.07) is 8.62. The van der Waals surface area contributed by atoms with Gasteiger partial charge in [-0.15, -0.1) is 0 Å². The molecule has 2 fully saturated rings. The van der Waals surface area contributed by atoms with Gasteiger partial charge in [0.2, 0.25) is 0 Å². The van der Waals surface area contributed by atoms with Gasteiger partial charge in [0.05, 0.1) is 12.8 Å². The maximum Gasteiger partial charge on any atom is 0.259 e. The number of benzene rings is 1. The van der Waals surface area contributed by atoms with Crippen LogP contribution in [0.5, 0.6) is 5.75 Å². The minimum Gasteiger partial charge on any atom is -0.497 e. The molecule has 2 aliphatic rings. The summed E-state index contributed by atoms with van der Waals surface area (Å²) in [5, 5.41) is 3.94. The highest BCUT2D eigenvalue weighted by Gasteiger charge is 2.44. The van der Waals surface area contributed by atoms with Gasteiger partial charge in [-0.1, -0.05) is 5.16 Å². The van der Waals surface area contributed by atoms with Crippen molar-refractivity contribution in [2.45, 2.75) is 38.8 Å². The molecule has 25 heavy (non-hydrogen) atoms. The van der Waals surface area contributed by atoms with Crippen LogP contribution in [0.4, 0.5) is 5.69 Å². The number of fused-ring (bicyclic) bond motifs is 2. The van der Waals surface area contributed by atoms with Crippen molar-refractivity contribution in [3.05, 3.63) is 41.3 Å². The number of piperazine rings is 1. The number of rotatable bonds is 3. The van der Waals surface area contributed by atoms with E-state index in [-0.39, 0.29) is 18.0 Å². The van der Waals surface area contributed by atoms with Crippen LogP contribution in [0.1, 0.15) is 34.7 Å². The zero-order valence-corrected chi connectivity index (χ0v) is 14.9. The Kier molecular flexibility index (Phi) is 3.90. The summed E-state index contributed by atoms with van der Waals surface area (Å²) in [5.41, 5.74) is 2.50. The summed E-state index contributed by atoms with van der Waals surface area (Å²) in [5.74, 6) is 1.54. The Balaban J connectivity index is 1.55. The third-order valence-electron chi connectivity index (χ3n) is 5.40. The number of hydrogen-bond acceptors (Lipinski definition) is 5. The van der Waals surface area contributed by atoms with Gasteiger partial charge in [-0.2, -0.15) is 0 Å². The van der Waals surface area contributed by atoms with E-state index in [4.69, 9.17) is 9.26 Å². The molecule has 6 heteroatoms. The third kappa shape index (κ3) is 2.65. The van der Waals surface area contributed by atoms with Crippen molar-refractivity contribution >= 4 is 11.6 Å². The fraction of sp³-hybridized carbons (Fsp3) is 0.474. The van der Waals surface area contributed by atoms with Crippen LogP contribution in [0.3, 0.4) is 0 Å². The molecule has 1 aromatic heterocycles. The Morgan fingerprint density at radius 2 is 1.80 bits per heavy atom. The lowest BCUT2D eigenvalue weighted by atomic mass is 10.1. The van der Waals surface area contributed by atoms with Gasteiger partial charge in [0.25, 0.3) is 5.91 Å². The van der Waals surface area contributed by atoms with Crippen LogP contribution in [0.15, 0.2) is 28.8 Å². The molecule has 2 aliphatic heterocycles. The van der Waals surface area contributed by atoms with Gasteiger partial charge in [-0.3, -0.25) is 4.79 Å². The second-order valence-electron chi connectivity index (χ2n) is 6.90. The predicted molar refractivity (Wildman–Crippen MR) is 94.2 cm³/mol. The Morgan fingerprint density at radius 3 is 2.32 bits per heavy atom. The molecule has 3 heterocycles. The zero-order chi connectivity index (χ0) is 17.6. The van der Waals surface area contributed by atoms with Crippen molar-refractivity contribution in [2.75, 3.05) is 25.1 Å². The molecule has 2 unspecified atom stereocenters. The van der Waals surface area contributed by atoms with Crippen LogP contribution >= 0.6 is 0 Å². The lowest BCUT2D eigenvalue weighted by Crippen LogP contribution is -2.56. The molecule has 132 valence electrons. The number of carbonyl (C=O) groups excluding carboxylic acids is 1. The Bertz CT molecular complexity index is 750. The molecule has 1 aromatic carbocycles. The normalized spacial score (nSPS) is 22.4. The van der Waals surface area contributed by atoms with Crippen molar-refractivity contribution in [2.24, 2.45) is 0 Å². The minimum absolute atomic E-state index is 0.0677. The summed E-state index contributed by atoms with van der Waals surface area (Å²) in [4.78, 5) is 17.5. The molecule has 6 nitrogen and oxygen atoms in total. The summed E-state index contributed by atoms with van der Waals surface area (Å²) in [6.45, 7) is 5.36. The number of carbonyl (C=O) groups is 1. The average Bonchev–Trinajstić information content (AvgIpc) is 3.10. The summed E-state index contributed by atoms with van der Waals surface area (Å²) >= 11 is 0. The predicted octanol–water partition coefficient (Wildman–Crippen LogP) is 2.79. The Morgan fingerprint density at radius 1 is 1.16 bits per heavy atom. The van der Waals surface area contributed by atoms with Crippen LogP contribution in [-0.2, 0) is 0 Å². The van der Waals surface area contributed by atoms with E-state index in [2.05, 4.69) is 27.1 Å². The van der Waals surface area contributed by atoms with Crippen LogP contribution in [0.2, 0.25) is 0 Å². The standard InChI is InChI=1S/C19H23N3O3/c1-12-18(13(2)25-20-12)19(23)22-15-4-5-16(22)11-21(10-15)14-6-8-17(24-3)9-7-14/h6-9,15-16H,4-5,10-11H2,1-3H3.